The number of piperidine rings is 1. The van der Waals surface area contributed by atoms with Gasteiger partial charge in [-0.05, 0) is 60.3 Å². The van der Waals surface area contributed by atoms with Gasteiger partial charge in [-0.1, -0.05) is 0 Å². The van der Waals surface area contributed by atoms with Crippen molar-refractivity contribution in [2.75, 3.05) is 31.1 Å². The SMILES string of the molecule is CC(C)N(CC1CCN(C(=O)[C@@H](O)CO)CC1)c1ncc(B2OC(C)(C)C(C)(C)O2)cn1. The average Bonchev–Trinajstić information content (AvgIpc) is 2.98. The highest BCUT2D eigenvalue weighted by molar-refractivity contribution is 6.61. The normalized spacial score (nSPS) is 21.8. The second kappa shape index (κ2) is 9.63. The Morgan fingerprint density at radius 1 is 1.19 bits per heavy atom. The summed E-state index contributed by atoms with van der Waals surface area (Å²) in [5, 5.41) is 18.6. The first-order chi connectivity index (χ1) is 14.9. The summed E-state index contributed by atoms with van der Waals surface area (Å²) in [5.41, 5.74) is -0.0292. The molecule has 32 heavy (non-hydrogen) atoms. The second-order valence-electron chi connectivity index (χ2n) is 10.1. The second-order valence-corrected chi connectivity index (χ2v) is 10.1. The zero-order valence-corrected chi connectivity index (χ0v) is 20.1. The molecule has 9 nitrogen and oxygen atoms in total. The summed E-state index contributed by atoms with van der Waals surface area (Å²) in [6, 6.07) is 0.216. The van der Waals surface area contributed by atoms with E-state index in [1.807, 2.05) is 27.7 Å². The van der Waals surface area contributed by atoms with Crippen LogP contribution in [-0.2, 0) is 14.1 Å². The Labute approximate surface area is 191 Å². The standard InChI is InChI=1S/C22H37BN4O5/c1-15(2)27(13-16-7-9-26(10-8-16)19(30)18(29)14-28)20-24-11-17(12-25-20)23-31-21(3,4)22(5,6)32-23/h11-12,15-16,18,28-29H,7-10,13-14H2,1-6H3/t18-/m0/s1. The van der Waals surface area contributed by atoms with Crippen molar-refractivity contribution < 1.29 is 24.3 Å². The van der Waals surface area contributed by atoms with Crippen LogP contribution in [0.15, 0.2) is 12.4 Å². The number of hydrogen-bond donors (Lipinski definition) is 2. The van der Waals surface area contributed by atoms with E-state index < -0.39 is 36.9 Å². The van der Waals surface area contributed by atoms with Gasteiger partial charge in [0.1, 0.15) is 0 Å². The summed E-state index contributed by atoms with van der Waals surface area (Å²) in [4.78, 5) is 25.1. The van der Waals surface area contributed by atoms with Crippen LogP contribution in [0.1, 0.15) is 54.4 Å². The number of aliphatic hydroxyl groups is 2. The first-order valence-electron chi connectivity index (χ1n) is 11.5. The molecule has 1 atom stereocenters. The van der Waals surface area contributed by atoms with Gasteiger partial charge in [0.15, 0.2) is 6.10 Å². The molecule has 2 aliphatic rings. The maximum Gasteiger partial charge on any atom is 0.498 e. The van der Waals surface area contributed by atoms with E-state index in [1.165, 1.54) is 0 Å². The van der Waals surface area contributed by atoms with Crippen molar-refractivity contribution in [3.8, 4) is 0 Å². The first-order valence-corrected chi connectivity index (χ1v) is 11.5. The maximum atomic E-state index is 12.1. The molecule has 1 aromatic rings. The largest absolute Gasteiger partial charge is 0.498 e. The van der Waals surface area contributed by atoms with E-state index in [4.69, 9.17) is 14.4 Å². The molecular formula is C22H37BN4O5. The number of aromatic nitrogens is 2. The van der Waals surface area contributed by atoms with Crippen molar-refractivity contribution in [2.45, 2.75) is 77.7 Å². The third kappa shape index (κ3) is 5.25. The molecule has 10 heteroatoms. The number of anilines is 1. The van der Waals surface area contributed by atoms with Crippen LogP contribution in [0.25, 0.3) is 0 Å². The summed E-state index contributed by atoms with van der Waals surface area (Å²) in [5.74, 6) is 0.655. The summed E-state index contributed by atoms with van der Waals surface area (Å²) in [6.07, 6.45) is 3.89. The van der Waals surface area contributed by atoms with Crippen LogP contribution in [0.2, 0.25) is 0 Å². The molecule has 0 unspecified atom stereocenters. The smallest absolute Gasteiger partial charge is 0.399 e. The lowest BCUT2D eigenvalue weighted by molar-refractivity contribution is -0.143. The fraction of sp³-hybridized carbons (Fsp3) is 0.773. The number of likely N-dealkylation sites (tertiary alicyclic amines) is 1. The van der Waals surface area contributed by atoms with E-state index in [9.17, 15) is 9.90 Å². The van der Waals surface area contributed by atoms with Crippen LogP contribution < -0.4 is 10.4 Å². The van der Waals surface area contributed by atoms with E-state index in [2.05, 4.69) is 28.7 Å². The van der Waals surface area contributed by atoms with Gasteiger partial charge in [-0.2, -0.15) is 0 Å². The van der Waals surface area contributed by atoms with Crippen molar-refractivity contribution in [1.29, 1.82) is 0 Å². The molecule has 0 aromatic carbocycles. The van der Waals surface area contributed by atoms with Gasteiger partial charge in [0, 0.05) is 43.5 Å². The minimum Gasteiger partial charge on any atom is -0.399 e. The van der Waals surface area contributed by atoms with Crippen LogP contribution in [0.4, 0.5) is 5.95 Å². The highest BCUT2D eigenvalue weighted by Gasteiger charge is 2.52. The van der Waals surface area contributed by atoms with Crippen molar-refractivity contribution in [1.82, 2.24) is 14.9 Å². The molecule has 2 saturated heterocycles. The summed E-state index contributed by atoms with van der Waals surface area (Å²) in [6.45, 7) is 13.7. The highest BCUT2D eigenvalue weighted by atomic mass is 16.7. The number of carbonyl (C=O) groups is 1. The molecule has 1 amide bonds. The Morgan fingerprint density at radius 3 is 2.19 bits per heavy atom. The number of amides is 1. The van der Waals surface area contributed by atoms with E-state index in [1.54, 1.807) is 17.3 Å². The van der Waals surface area contributed by atoms with Gasteiger partial charge >= 0.3 is 7.12 Å². The van der Waals surface area contributed by atoms with Gasteiger partial charge in [-0.3, -0.25) is 4.79 Å². The van der Waals surface area contributed by atoms with Crippen molar-refractivity contribution in [2.24, 2.45) is 5.92 Å². The van der Waals surface area contributed by atoms with Gasteiger partial charge < -0.3 is 29.3 Å². The average molecular weight is 448 g/mol. The number of hydrogen-bond acceptors (Lipinski definition) is 8. The third-order valence-corrected chi connectivity index (χ3v) is 6.90. The highest BCUT2D eigenvalue weighted by Crippen LogP contribution is 2.36. The summed E-state index contributed by atoms with van der Waals surface area (Å²) >= 11 is 0. The first kappa shape index (κ1) is 24.9. The maximum absolute atomic E-state index is 12.1. The fourth-order valence-corrected chi connectivity index (χ4v) is 4.01. The van der Waals surface area contributed by atoms with Crippen LogP contribution in [0.3, 0.4) is 0 Å². The lowest BCUT2D eigenvalue weighted by Crippen LogP contribution is -2.47. The molecule has 0 aliphatic carbocycles. The Kier molecular flexibility index (Phi) is 7.49. The fourth-order valence-electron chi connectivity index (χ4n) is 4.01. The molecule has 2 aliphatic heterocycles. The van der Waals surface area contributed by atoms with Crippen LogP contribution in [-0.4, -0.2) is 87.7 Å². The number of aliphatic hydroxyl groups excluding tert-OH is 2. The van der Waals surface area contributed by atoms with Crippen molar-refractivity contribution >= 4 is 24.4 Å². The molecule has 2 N–H and O–H groups in total. The number of nitrogens with zero attached hydrogens (tertiary/aromatic N) is 4. The van der Waals surface area contributed by atoms with Gasteiger partial charge in [-0.15, -0.1) is 0 Å². The number of carbonyl (C=O) groups excluding carboxylic acids is 1. The zero-order valence-electron chi connectivity index (χ0n) is 20.1. The third-order valence-electron chi connectivity index (χ3n) is 6.90. The summed E-state index contributed by atoms with van der Waals surface area (Å²) < 4.78 is 12.2. The van der Waals surface area contributed by atoms with E-state index in [0.717, 1.165) is 24.8 Å². The Morgan fingerprint density at radius 2 is 1.72 bits per heavy atom. The Balaban J connectivity index is 1.62. The Hall–Kier alpha value is -1.75. The predicted molar refractivity (Wildman–Crippen MR) is 123 cm³/mol. The van der Waals surface area contributed by atoms with Crippen LogP contribution >= 0.6 is 0 Å². The molecule has 0 radical (unpaired) electrons. The summed E-state index contributed by atoms with van der Waals surface area (Å²) in [7, 11) is -0.488. The monoisotopic (exact) mass is 448 g/mol. The molecule has 0 bridgehead atoms. The minimum atomic E-state index is -1.32. The lowest BCUT2D eigenvalue weighted by Gasteiger charge is -2.36. The Bertz CT molecular complexity index is 765. The van der Waals surface area contributed by atoms with Gasteiger partial charge in [0.05, 0.1) is 17.8 Å². The molecule has 1 aromatic heterocycles. The molecule has 3 heterocycles. The van der Waals surface area contributed by atoms with Crippen molar-refractivity contribution in [3.63, 3.8) is 0 Å². The predicted octanol–water partition coefficient (Wildman–Crippen LogP) is 0.582. The lowest BCUT2D eigenvalue weighted by atomic mass is 9.81. The topological polar surface area (TPSA) is 108 Å². The molecule has 2 fully saturated rings. The molecule has 178 valence electrons. The number of rotatable bonds is 7. The van der Waals surface area contributed by atoms with Gasteiger partial charge in [-0.25, -0.2) is 9.97 Å². The molecular weight excluding hydrogens is 411 g/mol. The van der Waals surface area contributed by atoms with Gasteiger partial charge in [0.25, 0.3) is 5.91 Å². The minimum absolute atomic E-state index is 0.216. The van der Waals surface area contributed by atoms with E-state index in [0.29, 0.717) is 25.0 Å². The zero-order chi connectivity index (χ0) is 23.7. The van der Waals surface area contributed by atoms with Crippen LogP contribution in [0.5, 0.6) is 0 Å². The molecule has 3 rings (SSSR count). The molecule has 0 spiro atoms. The van der Waals surface area contributed by atoms with E-state index >= 15 is 0 Å². The quantitative estimate of drug-likeness (QED) is 0.584. The van der Waals surface area contributed by atoms with Crippen LogP contribution in [0, 0.1) is 5.92 Å². The van der Waals surface area contributed by atoms with E-state index in [-0.39, 0.29) is 6.04 Å². The molecule has 0 saturated carbocycles. The van der Waals surface area contributed by atoms with Gasteiger partial charge in [0.2, 0.25) is 5.95 Å². The van der Waals surface area contributed by atoms with Crippen molar-refractivity contribution in [3.05, 3.63) is 12.4 Å².